The monoisotopic (exact) mass is 403 g/mol. The third kappa shape index (κ3) is 3.32. The molecule has 8 nitrogen and oxygen atoms in total. The summed E-state index contributed by atoms with van der Waals surface area (Å²) >= 11 is 0. The normalized spacial score (nSPS) is 15.8. The first-order chi connectivity index (χ1) is 14.5. The third-order valence-electron chi connectivity index (χ3n) is 5.57. The summed E-state index contributed by atoms with van der Waals surface area (Å²) in [5.74, 6) is 2.67. The molecule has 1 aliphatic heterocycles. The summed E-state index contributed by atoms with van der Waals surface area (Å²) in [6.07, 6.45) is 5.38. The molecule has 30 heavy (non-hydrogen) atoms. The summed E-state index contributed by atoms with van der Waals surface area (Å²) in [6.45, 7) is 8.01. The van der Waals surface area contributed by atoms with E-state index in [-0.39, 0.29) is 11.3 Å². The second-order valence-electron chi connectivity index (χ2n) is 8.78. The van der Waals surface area contributed by atoms with Gasteiger partial charge >= 0.3 is 0 Å². The maximum atomic E-state index is 5.97. The van der Waals surface area contributed by atoms with E-state index in [1.54, 1.807) is 6.33 Å². The highest BCUT2D eigenvalue weighted by Gasteiger charge is 2.29. The average molecular weight is 403 g/mol. The molecule has 1 aliphatic rings. The zero-order chi connectivity index (χ0) is 20.7. The molecule has 0 saturated carbocycles. The van der Waals surface area contributed by atoms with Crippen LogP contribution in [0.25, 0.3) is 16.7 Å². The van der Waals surface area contributed by atoms with Crippen LogP contribution in [0.3, 0.4) is 0 Å². The molecule has 0 unspecified atom stereocenters. The molecular formula is C22H25N7O. The van der Waals surface area contributed by atoms with E-state index >= 15 is 0 Å². The lowest BCUT2D eigenvalue weighted by Crippen LogP contribution is -2.33. The molecule has 0 atom stereocenters. The van der Waals surface area contributed by atoms with Crippen LogP contribution >= 0.6 is 0 Å². The van der Waals surface area contributed by atoms with E-state index in [1.807, 2.05) is 41.2 Å². The molecule has 1 fully saturated rings. The van der Waals surface area contributed by atoms with E-state index in [1.165, 1.54) is 0 Å². The van der Waals surface area contributed by atoms with E-state index in [2.05, 4.69) is 50.9 Å². The first-order valence-electron chi connectivity index (χ1n) is 10.3. The molecule has 8 heteroatoms. The van der Waals surface area contributed by atoms with Gasteiger partial charge in [0, 0.05) is 24.4 Å². The quantitative estimate of drug-likeness (QED) is 0.513. The van der Waals surface area contributed by atoms with Crippen LogP contribution in [0.15, 0.2) is 47.3 Å². The van der Waals surface area contributed by atoms with Gasteiger partial charge in [-0.15, -0.1) is 10.2 Å². The summed E-state index contributed by atoms with van der Waals surface area (Å²) in [5.41, 5.74) is 1.68. The van der Waals surface area contributed by atoms with Gasteiger partial charge in [0.05, 0.1) is 17.3 Å². The van der Waals surface area contributed by atoms with Crippen molar-refractivity contribution in [2.45, 2.75) is 44.9 Å². The summed E-state index contributed by atoms with van der Waals surface area (Å²) in [5, 5.41) is 14.1. The van der Waals surface area contributed by atoms with E-state index < -0.39 is 0 Å². The van der Waals surface area contributed by atoms with Crippen molar-refractivity contribution < 1.29 is 4.42 Å². The van der Waals surface area contributed by atoms with Crippen LogP contribution in [0, 0.1) is 0 Å². The number of benzene rings is 1. The number of aromatic nitrogens is 6. The van der Waals surface area contributed by atoms with Gasteiger partial charge in [-0.2, -0.15) is 5.10 Å². The lowest BCUT2D eigenvalue weighted by Gasteiger charge is -2.31. The van der Waals surface area contributed by atoms with E-state index in [0.29, 0.717) is 5.89 Å². The van der Waals surface area contributed by atoms with Crippen molar-refractivity contribution in [1.82, 2.24) is 29.9 Å². The molecule has 5 rings (SSSR count). The van der Waals surface area contributed by atoms with Gasteiger partial charge in [-0.3, -0.25) is 0 Å². The Morgan fingerprint density at radius 3 is 2.47 bits per heavy atom. The third-order valence-corrected chi connectivity index (χ3v) is 5.57. The number of hydrogen-bond donors (Lipinski definition) is 0. The van der Waals surface area contributed by atoms with Gasteiger partial charge in [-0.25, -0.2) is 14.6 Å². The maximum Gasteiger partial charge on any atom is 0.221 e. The number of piperidine rings is 1. The van der Waals surface area contributed by atoms with Crippen molar-refractivity contribution in [3.8, 4) is 5.69 Å². The number of fused-ring (bicyclic) bond motifs is 1. The average Bonchev–Trinajstić information content (AvgIpc) is 3.42. The smallest absolute Gasteiger partial charge is 0.221 e. The Morgan fingerprint density at radius 1 is 1.00 bits per heavy atom. The summed E-state index contributed by atoms with van der Waals surface area (Å²) < 4.78 is 7.83. The summed E-state index contributed by atoms with van der Waals surface area (Å²) in [6, 6.07) is 10.0. The van der Waals surface area contributed by atoms with Crippen molar-refractivity contribution in [3.63, 3.8) is 0 Å². The molecule has 0 N–H and O–H groups in total. The van der Waals surface area contributed by atoms with Crippen LogP contribution < -0.4 is 4.90 Å². The molecule has 4 aromatic rings. The lowest BCUT2D eigenvalue weighted by atomic mass is 9.96. The Labute approximate surface area is 175 Å². The Kier molecular flexibility index (Phi) is 4.49. The van der Waals surface area contributed by atoms with E-state index in [4.69, 9.17) is 4.42 Å². The number of rotatable bonds is 3. The van der Waals surface area contributed by atoms with E-state index in [0.717, 1.165) is 54.4 Å². The van der Waals surface area contributed by atoms with Crippen LogP contribution in [-0.4, -0.2) is 43.0 Å². The van der Waals surface area contributed by atoms with Gasteiger partial charge in [-0.05, 0) is 25.0 Å². The highest BCUT2D eigenvalue weighted by molar-refractivity contribution is 5.87. The van der Waals surface area contributed by atoms with Crippen LogP contribution in [0.2, 0.25) is 0 Å². The molecule has 0 spiro atoms. The summed E-state index contributed by atoms with van der Waals surface area (Å²) in [7, 11) is 0. The van der Waals surface area contributed by atoms with Gasteiger partial charge in [-0.1, -0.05) is 39.0 Å². The number of para-hydroxylation sites is 1. The zero-order valence-electron chi connectivity index (χ0n) is 17.5. The standard InChI is InChI=1S/C22H25N7O/c1-22(2,3)21-27-26-20(30-21)15-9-11-28(12-10-15)18-17-13-25-29(19(17)24-14-23-18)16-7-5-4-6-8-16/h4-8,13-15H,9-12H2,1-3H3. The summed E-state index contributed by atoms with van der Waals surface area (Å²) in [4.78, 5) is 11.4. The van der Waals surface area contributed by atoms with Gasteiger partial charge in [0.2, 0.25) is 11.8 Å². The fourth-order valence-corrected chi connectivity index (χ4v) is 3.88. The molecule has 154 valence electrons. The minimum absolute atomic E-state index is 0.128. The number of hydrogen-bond acceptors (Lipinski definition) is 7. The predicted molar refractivity (Wildman–Crippen MR) is 114 cm³/mol. The van der Waals surface area contributed by atoms with Gasteiger partial charge < -0.3 is 9.32 Å². The molecule has 0 amide bonds. The maximum absolute atomic E-state index is 5.97. The first kappa shape index (κ1) is 18.7. The molecular weight excluding hydrogens is 378 g/mol. The molecule has 1 saturated heterocycles. The Balaban J connectivity index is 1.36. The van der Waals surface area contributed by atoms with Crippen molar-refractivity contribution in [2.75, 3.05) is 18.0 Å². The van der Waals surface area contributed by atoms with Gasteiger partial charge in [0.1, 0.15) is 12.1 Å². The van der Waals surface area contributed by atoms with E-state index in [9.17, 15) is 0 Å². The lowest BCUT2D eigenvalue weighted by molar-refractivity contribution is 0.337. The molecule has 0 radical (unpaired) electrons. The van der Waals surface area contributed by atoms with Crippen molar-refractivity contribution in [1.29, 1.82) is 0 Å². The fourth-order valence-electron chi connectivity index (χ4n) is 3.88. The highest BCUT2D eigenvalue weighted by atomic mass is 16.4. The van der Waals surface area contributed by atoms with Gasteiger partial charge in [0.15, 0.2) is 5.65 Å². The Hall–Kier alpha value is -3.29. The molecule has 4 heterocycles. The highest BCUT2D eigenvalue weighted by Crippen LogP contribution is 2.33. The molecule has 0 bridgehead atoms. The zero-order valence-corrected chi connectivity index (χ0v) is 17.5. The van der Waals surface area contributed by atoms with Crippen LogP contribution in [0.1, 0.15) is 51.3 Å². The van der Waals surface area contributed by atoms with Crippen LogP contribution in [0.4, 0.5) is 5.82 Å². The number of anilines is 1. The first-order valence-corrected chi connectivity index (χ1v) is 10.3. The minimum Gasteiger partial charge on any atom is -0.424 e. The topological polar surface area (TPSA) is 85.8 Å². The minimum atomic E-state index is -0.128. The molecule has 3 aromatic heterocycles. The Bertz CT molecular complexity index is 1150. The van der Waals surface area contributed by atoms with Gasteiger partial charge in [0.25, 0.3) is 0 Å². The van der Waals surface area contributed by atoms with Crippen molar-refractivity contribution in [3.05, 3.63) is 54.6 Å². The van der Waals surface area contributed by atoms with Crippen LogP contribution in [0.5, 0.6) is 0 Å². The molecule has 1 aromatic carbocycles. The predicted octanol–water partition coefficient (Wildman–Crippen LogP) is 3.88. The Morgan fingerprint density at radius 2 is 1.77 bits per heavy atom. The largest absolute Gasteiger partial charge is 0.424 e. The van der Waals surface area contributed by atoms with Crippen LogP contribution in [-0.2, 0) is 5.41 Å². The second-order valence-corrected chi connectivity index (χ2v) is 8.78. The number of nitrogens with zero attached hydrogens (tertiary/aromatic N) is 7. The van der Waals surface area contributed by atoms with Crippen molar-refractivity contribution >= 4 is 16.9 Å². The van der Waals surface area contributed by atoms with Crippen molar-refractivity contribution in [2.24, 2.45) is 0 Å². The second kappa shape index (κ2) is 7.19. The SMILES string of the molecule is CC(C)(C)c1nnc(C2CCN(c3ncnc4c3cnn4-c3ccccc3)CC2)o1. The molecule has 0 aliphatic carbocycles. The fraction of sp³-hybridized carbons (Fsp3) is 0.409.